The van der Waals surface area contributed by atoms with Gasteiger partial charge in [-0.25, -0.2) is 17.6 Å². The lowest BCUT2D eigenvalue weighted by Gasteiger charge is -2.30. The summed E-state index contributed by atoms with van der Waals surface area (Å²) in [7, 11) is 0. The lowest BCUT2D eigenvalue weighted by Crippen LogP contribution is -2.52. The molecule has 23 heavy (non-hydrogen) atoms. The Bertz CT molecular complexity index is 637. The first kappa shape index (κ1) is 18.0. The monoisotopic (exact) mass is 372 g/mol. The van der Waals surface area contributed by atoms with Crippen LogP contribution in [-0.4, -0.2) is 40.3 Å². The minimum Gasteiger partial charge on any atom is -0.364 e. The normalized spacial score (nSPS) is 21.3. The molecule has 1 atom stereocenters. The highest BCUT2D eigenvalue weighted by Crippen LogP contribution is 2.34. The van der Waals surface area contributed by atoms with E-state index < -0.39 is 43.0 Å². The summed E-state index contributed by atoms with van der Waals surface area (Å²) in [4.78, 5) is 12.2. The van der Waals surface area contributed by atoms with Gasteiger partial charge in [0.05, 0.1) is 6.42 Å². The van der Waals surface area contributed by atoms with Gasteiger partial charge in [-0.2, -0.15) is 10.1 Å². The zero-order valence-corrected chi connectivity index (χ0v) is 12.8. The van der Waals surface area contributed by atoms with Crippen molar-refractivity contribution in [2.24, 2.45) is 5.10 Å². The molecule has 0 unspecified atom stereocenters. The second kappa shape index (κ2) is 6.62. The van der Waals surface area contributed by atoms with Gasteiger partial charge in [-0.05, 0) is 17.7 Å². The Hall–Kier alpha value is -1.38. The number of halogens is 6. The van der Waals surface area contributed by atoms with Crippen molar-refractivity contribution < 1.29 is 27.5 Å². The summed E-state index contributed by atoms with van der Waals surface area (Å²) in [6.07, 6.45) is -8.35. The number of aliphatic hydroxyl groups is 1. The second-order valence-corrected chi connectivity index (χ2v) is 5.64. The van der Waals surface area contributed by atoms with E-state index in [0.717, 1.165) is 0 Å². The van der Waals surface area contributed by atoms with Gasteiger partial charge in [0.25, 0.3) is 12.9 Å². The maximum atomic E-state index is 13.1. The molecule has 1 aromatic rings. The van der Waals surface area contributed by atoms with Gasteiger partial charge in [0.2, 0.25) is 11.6 Å². The van der Waals surface area contributed by atoms with Crippen molar-refractivity contribution in [2.45, 2.75) is 31.4 Å². The van der Waals surface area contributed by atoms with Crippen LogP contribution in [0.15, 0.2) is 23.3 Å². The Morgan fingerprint density at radius 2 is 1.87 bits per heavy atom. The number of benzene rings is 1. The molecule has 1 aliphatic rings. The Labute approximate surface area is 138 Å². The molecule has 4 nitrogen and oxygen atoms in total. The maximum Gasteiger partial charge on any atom is 0.287 e. The van der Waals surface area contributed by atoms with Gasteiger partial charge in [0.1, 0.15) is 5.71 Å². The molecule has 126 valence electrons. The van der Waals surface area contributed by atoms with Crippen molar-refractivity contribution in [2.75, 3.05) is 0 Å². The zero-order chi connectivity index (χ0) is 17.4. The summed E-state index contributed by atoms with van der Waals surface area (Å²) in [5, 5.41) is 13.2. The number of alkyl halides is 4. The summed E-state index contributed by atoms with van der Waals surface area (Å²) >= 11 is 11.7. The van der Waals surface area contributed by atoms with E-state index in [-0.39, 0.29) is 20.6 Å². The first-order valence-electron chi connectivity index (χ1n) is 6.28. The van der Waals surface area contributed by atoms with Crippen molar-refractivity contribution >= 4 is 34.8 Å². The second-order valence-electron chi connectivity index (χ2n) is 4.83. The third-order valence-electron chi connectivity index (χ3n) is 3.26. The first-order valence-corrected chi connectivity index (χ1v) is 7.04. The summed E-state index contributed by atoms with van der Waals surface area (Å²) in [5.41, 5.74) is -3.99. The van der Waals surface area contributed by atoms with E-state index in [1.54, 1.807) is 0 Å². The van der Waals surface area contributed by atoms with Crippen molar-refractivity contribution in [1.82, 2.24) is 5.01 Å². The van der Waals surface area contributed by atoms with Crippen LogP contribution < -0.4 is 0 Å². The van der Waals surface area contributed by atoms with Crippen LogP contribution >= 0.6 is 23.2 Å². The molecule has 1 heterocycles. The summed E-state index contributed by atoms with van der Waals surface area (Å²) in [6.45, 7) is 0. The van der Waals surface area contributed by atoms with Crippen molar-refractivity contribution in [3.63, 3.8) is 0 Å². The topological polar surface area (TPSA) is 52.9 Å². The average Bonchev–Trinajstić information content (AvgIpc) is 2.83. The number of amides is 1. The molecule has 1 amide bonds. The van der Waals surface area contributed by atoms with E-state index >= 15 is 0 Å². The lowest BCUT2D eigenvalue weighted by molar-refractivity contribution is -0.191. The first-order chi connectivity index (χ1) is 10.7. The Balaban J connectivity index is 2.32. The molecule has 0 aliphatic carbocycles. The predicted molar refractivity (Wildman–Crippen MR) is 76.0 cm³/mol. The number of carbonyl (C=O) groups excluding carboxylic acids is 1. The van der Waals surface area contributed by atoms with Crippen LogP contribution in [-0.2, 0) is 11.2 Å². The minimum atomic E-state index is -3.48. The van der Waals surface area contributed by atoms with Crippen LogP contribution in [0.5, 0.6) is 0 Å². The molecule has 2 rings (SSSR count). The largest absolute Gasteiger partial charge is 0.364 e. The molecule has 0 bridgehead atoms. The number of nitrogens with zero attached hydrogens (tertiary/aromatic N) is 2. The molecule has 0 aromatic heterocycles. The fourth-order valence-electron chi connectivity index (χ4n) is 2.08. The third kappa shape index (κ3) is 3.44. The molecule has 1 aromatic carbocycles. The molecule has 0 fully saturated rings. The Morgan fingerprint density at radius 1 is 1.30 bits per heavy atom. The van der Waals surface area contributed by atoms with Crippen LogP contribution in [0.25, 0.3) is 0 Å². The van der Waals surface area contributed by atoms with E-state index in [1.165, 1.54) is 18.2 Å². The maximum absolute atomic E-state index is 13.1. The van der Waals surface area contributed by atoms with E-state index in [2.05, 4.69) is 5.10 Å². The van der Waals surface area contributed by atoms with Crippen molar-refractivity contribution in [3.8, 4) is 0 Å². The molecule has 1 N–H and O–H groups in total. The highest BCUT2D eigenvalue weighted by molar-refractivity contribution is 6.36. The molecule has 0 saturated heterocycles. The highest BCUT2D eigenvalue weighted by atomic mass is 35.5. The Morgan fingerprint density at radius 3 is 2.35 bits per heavy atom. The van der Waals surface area contributed by atoms with E-state index in [1.807, 2.05) is 0 Å². The number of hydrogen-bond donors (Lipinski definition) is 1. The molecule has 0 radical (unpaired) electrons. The third-order valence-corrected chi connectivity index (χ3v) is 3.97. The molecule has 0 spiro atoms. The zero-order valence-electron chi connectivity index (χ0n) is 11.3. The molecule has 0 saturated carbocycles. The predicted octanol–water partition coefficient (Wildman–Crippen LogP) is 3.34. The van der Waals surface area contributed by atoms with Crippen LogP contribution in [0.2, 0.25) is 10.0 Å². The lowest BCUT2D eigenvalue weighted by atomic mass is 10.1. The van der Waals surface area contributed by atoms with Gasteiger partial charge in [-0.1, -0.05) is 29.3 Å². The highest BCUT2D eigenvalue weighted by Gasteiger charge is 2.53. The number of hydrogen-bond acceptors (Lipinski definition) is 3. The van der Waals surface area contributed by atoms with Crippen molar-refractivity contribution in [1.29, 1.82) is 0 Å². The quantitative estimate of drug-likeness (QED) is 0.824. The van der Waals surface area contributed by atoms with Gasteiger partial charge in [0.15, 0.2) is 0 Å². The smallest absolute Gasteiger partial charge is 0.287 e. The fraction of sp³-hybridized carbons (Fsp3) is 0.385. The van der Waals surface area contributed by atoms with Crippen LogP contribution in [0.3, 0.4) is 0 Å². The van der Waals surface area contributed by atoms with Gasteiger partial charge < -0.3 is 5.11 Å². The van der Waals surface area contributed by atoms with E-state index in [4.69, 9.17) is 23.2 Å². The van der Waals surface area contributed by atoms with E-state index in [0.29, 0.717) is 0 Å². The van der Waals surface area contributed by atoms with E-state index in [9.17, 15) is 27.5 Å². The average molecular weight is 373 g/mol. The fourth-order valence-corrected chi connectivity index (χ4v) is 2.61. The van der Waals surface area contributed by atoms with Crippen LogP contribution in [0.1, 0.15) is 12.0 Å². The van der Waals surface area contributed by atoms with Crippen molar-refractivity contribution in [3.05, 3.63) is 33.8 Å². The van der Waals surface area contributed by atoms with Gasteiger partial charge in [-0.15, -0.1) is 0 Å². The molecule has 10 heteroatoms. The Kier molecular flexibility index (Phi) is 5.17. The summed E-state index contributed by atoms with van der Waals surface area (Å²) < 4.78 is 51.5. The SMILES string of the molecule is O=C(Cc1c(Cl)cccc1Cl)N1N=C(C(F)F)C[C@@]1(O)C(F)F. The van der Waals surface area contributed by atoms with Crippen LogP contribution in [0, 0.1) is 0 Å². The van der Waals surface area contributed by atoms with Gasteiger partial charge in [-0.3, -0.25) is 4.79 Å². The molecular formula is C13H10Cl2F4N2O2. The minimum absolute atomic E-state index is 0.0151. The van der Waals surface area contributed by atoms with Gasteiger partial charge in [0, 0.05) is 16.5 Å². The van der Waals surface area contributed by atoms with Gasteiger partial charge >= 0.3 is 0 Å². The standard InChI is InChI=1S/C13H10Cl2F4N2O2/c14-7-2-1-3-8(15)6(7)4-10(22)21-13(23,12(18)19)5-9(20-21)11(16)17/h1-3,11-12,23H,4-5H2/t13-/m1/s1. The summed E-state index contributed by atoms with van der Waals surface area (Å²) in [6, 6.07) is 4.36. The van der Waals surface area contributed by atoms with Crippen LogP contribution in [0.4, 0.5) is 17.6 Å². The molecule has 1 aliphatic heterocycles. The number of hydrazone groups is 1. The summed E-state index contributed by atoms with van der Waals surface area (Å²) in [5.74, 6) is -1.13. The number of carbonyl (C=O) groups is 1. The number of rotatable bonds is 4. The molecular weight excluding hydrogens is 363 g/mol.